The first-order chi connectivity index (χ1) is 9.11. The Morgan fingerprint density at radius 2 is 2.26 bits per heavy atom. The smallest absolute Gasteiger partial charge is 0.362 e. The largest absolute Gasteiger partial charge is 0.461 e. The molecular weight excluding hydrogens is 288 g/mol. The van der Waals surface area contributed by atoms with E-state index in [1.54, 1.807) is 19.2 Å². The fourth-order valence-electron chi connectivity index (χ4n) is 1.24. The Bertz CT molecular complexity index is 607. The van der Waals surface area contributed by atoms with Crippen LogP contribution in [0, 0.1) is 6.92 Å². The normalized spacial score (nSPS) is 10.2. The number of carbonyl (C=O) groups excluding carboxylic acids is 2. The number of rotatable bonds is 4. The predicted octanol–water partition coefficient (Wildman–Crippen LogP) is 1.73. The van der Waals surface area contributed by atoms with Crippen LogP contribution in [0.25, 0.3) is 0 Å². The summed E-state index contributed by atoms with van der Waals surface area (Å²) < 4.78 is 8.45. The van der Waals surface area contributed by atoms with Gasteiger partial charge in [0.05, 0.1) is 11.6 Å². The van der Waals surface area contributed by atoms with E-state index in [0.29, 0.717) is 5.69 Å². The first kappa shape index (κ1) is 13.6. The highest BCUT2D eigenvalue weighted by atomic mass is 32.1. The van der Waals surface area contributed by atoms with E-state index in [9.17, 15) is 9.59 Å². The molecule has 0 saturated carbocycles. The zero-order chi connectivity index (χ0) is 13.8. The number of ether oxygens (including phenoxy) is 1. The molecule has 1 amide bonds. The number of aromatic nitrogens is 3. The van der Waals surface area contributed by atoms with Crippen molar-refractivity contribution >= 4 is 39.7 Å². The van der Waals surface area contributed by atoms with Crippen LogP contribution < -0.4 is 5.32 Å². The number of carbonyl (C=O) groups is 2. The number of hydrogen-bond donors (Lipinski definition) is 1. The van der Waals surface area contributed by atoms with E-state index in [2.05, 4.69) is 19.9 Å². The van der Waals surface area contributed by atoms with Gasteiger partial charge in [-0.2, -0.15) is 0 Å². The average Bonchev–Trinajstić information content (AvgIpc) is 2.98. The Hall–Kier alpha value is -1.87. The summed E-state index contributed by atoms with van der Waals surface area (Å²) in [4.78, 5) is 27.5. The van der Waals surface area contributed by atoms with Gasteiger partial charge >= 0.3 is 5.97 Å². The molecule has 0 aliphatic heterocycles. The third-order valence-corrected chi connectivity index (χ3v) is 3.45. The molecule has 0 spiro atoms. The highest BCUT2D eigenvalue weighted by molar-refractivity contribution is 7.10. The van der Waals surface area contributed by atoms with Crippen molar-refractivity contribution in [3.63, 3.8) is 0 Å². The van der Waals surface area contributed by atoms with Gasteiger partial charge in [0.2, 0.25) is 5.69 Å². The van der Waals surface area contributed by atoms with Crippen molar-refractivity contribution in [2.45, 2.75) is 13.8 Å². The fourth-order valence-corrected chi connectivity index (χ4v) is 2.39. The highest BCUT2D eigenvalue weighted by Crippen LogP contribution is 2.20. The highest BCUT2D eigenvalue weighted by Gasteiger charge is 2.20. The Kier molecular flexibility index (Phi) is 4.17. The van der Waals surface area contributed by atoms with Crippen LogP contribution in [0.1, 0.15) is 32.9 Å². The average molecular weight is 298 g/mol. The minimum atomic E-state index is -0.610. The quantitative estimate of drug-likeness (QED) is 0.864. The molecule has 0 aliphatic rings. The van der Waals surface area contributed by atoms with E-state index >= 15 is 0 Å². The summed E-state index contributed by atoms with van der Waals surface area (Å²) in [6.07, 6.45) is 0. The number of thiazole rings is 1. The van der Waals surface area contributed by atoms with Gasteiger partial charge in [-0.25, -0.2) is 9.78 Å². The van der Waals surface area contributed by atoms with E-state index in [4.69, 9.17) is 4.74 Å². The number of hydrogen-bond acceptors (Lipinski definition) is 8. The lowest BCUT2D eigenvalue weighted by Crippen LogP contribution is -2.15. The monoisotopic (exact) mass is 298 g/mol. The summed E-state index contributed by atoms with van der Waals surface area (Å²) in [5.41, 5.74) is 0.304. The standard InChI is InChI=1S/C10H10N4O3S2/c1-3-17-10(16)7-9(19-14-13-7)12-8(15)6-4-18-5(2)11-6/h4H,3H2,1-2H3,(H,12,15). The van der Waals surface area contributed by atoms with E-state index < -0.39 is 11.9 Å². The number of aryl methyl sites for hydroxylation is 1. The van der Waals surface area contributed by atoms with Gasteiger partial charge in [-0.05, 0) is 13.8 Å². The summed E-state index contributed by atoms with van der Waals surface area (Å²) in [7, 11) is 0. The number of nitrogens with zero attached hydrogens (tertiary/aromatic N) is 3. The van der Waals surface area contributed by atoms with Crippen molar-refractivity contribution in [3.8, 4) is 0 Å². The van der Waals surface area contributed by atoms with Gasteiger partial charge in [-0.1, -0.05) is 4.49 Å². The molecule has 0 saturated heterocycles. The molecule has 0 aromatic carbocycles. The van der Waals surface area contributed by atoms with Gasteiger partial charge in [-0.3, -0.25) is 4.79 Å². The van der Waals surface area contributed by atoms with Gasteiger partial charge in [0.15, 0.2) is 5.00 Å². The lowest BCUT2D eigenvalue weighted by atomic mass is 10.4. The second-order valence-corrected chi connectivity index (χ2v) is 5.19. The summed E-state index contributed by atoms with van der Waals surface area (Å²) in [5, 5.41) is 8.90. The Morgan fingerprint density at radius 1 is 1.47 bits per heavy atom. The van der Waals surface area contributed by atoms with E-state index in [-0.39, 0.29) is 17.3 Å². The number of nitrogens with one attached hydrogen (secondary N) is 1. The van der Waals surface area contributed by atoms with E-state index in [0.717, 1.165) is 16.5 Å². The molecule has 100 valence electrons. The van der Waals surface area contributed by atoms with Crippen LogP contribution in [0.4, 0.5) is 5.00 Å². The SMILES string of the molecule is CCOC(=O)c1nnsc1NC(=O)c1csc(C)n1. The van der Waals surface area contributed by atoms with Crippen LogP contribution in [0.5, 0.6) is 0 Å². The van der Waals surface area contributed by atoms with Crippen molar-refractivity contribution in [2.24, 2.45) is 0 Å². The van der Waals surface area contributed by atoms with Crippen molar-refractivity contribution in [3.05, 3.63) is 21.8 Å². The van der Waals surface area contributed by atoms with Gasteiger partial charge < -0.3 is 10.1 Å². The molecule has 7 nitrogen and oxygen atoms in total. The molecule has 1 N–H and O–H groups in total. The Balaban J connectivity index is 2.13. The second kappa shape index (κ2) is 5.85. The van der Waals surface area contributed by atoms with E-state index in [1.807, 2.05) is 0 Å². The summed E-state index contributed by atoms with van der Waals surface area (Å²) >= 11 is 2.29. The molecule has 2 aromatic rings. The maximum absolute atomic E-state index is 11.9. The van der Waals surface area contributed by atoms with Gasteiger partial charge in [0.1, 0.15) is 5.69 Å². The topological polar surface area (TPSA) is 94.1 Å². The fraction of sp³-hybridized carbons (Fsp3) is 0.300. The Morgan fingerprint density at radius 3 is 2.89 bits per heavy atom. The van der Waals surface area contributed by atoms with Crippen LogP contribution in [-0.4, -0.2) is 33.1 Å². The van der Waals surface area contributed by atoms with Crippen LogP contribution in [0.15, 0.2) is 5.38 Å². The number of anilines is 1. The predicted molar refractivity (Wildman–Crippen MR) is 70.7 cm³/mol. The van der Waals surface area contributed by atoms with Gasteiger partial charge in [0.25, 0.3) is 5.91 Å². The molecule has 2 rings (SSSR count). The first-order valence-corrected chi connectivity index (χ1v) is 7.00. The molecule has 0 unspecified atom stereocenters. The first-order valence-electron chi connectivity index (χ1n) is 5.34. The Labute approximate surface area is 116 Å². The maximum atomic E-state index is 11.9. The molecular formula is C10H10N4O3S2. The van der Waals surface area contributed by atoms with Crippen molar-refractivity contribution in [1.29, 1.82) is 0 Å². The minimum absolute atomic E-state index is 0.00662. The molecule has 0 aliphatic carbocycles. The molecule has 0 fully saturated rings. The molecule has 2 aromatic heterocycles. The third kappa shape index (κ3) is 3.12. The van der Waals surface area contributed by atoms with Gasteiger partial charge in [-0.15, -0.1) is 16.4 Å². The third-order valence-electron chi connectivity index (χ3n) is 2.04. The van der Waals surface area contributed by atoms with Crippen LogP contribution in [0.3, 0.4) is 0 Å². The molecule has 19 heavy (non-hydrogen) atoms. The van der Waals surface area contributed by atoms with Crippen molar-refractivity contribution in [2.75, 3.05) is 11.9 Å². The van der Waals surface area contributed by atoms with Crippen molar-refractivity contribution in [1.82, 2.24) is 14.6 Å². The molecule has 9 heteroatoms. The number of amides is 1. The lowest BCUT2D eigenvalue weighted by molar-refractivity contribution is 0.0520. The molecule has 2 heterocycles. The summed E-state index contributed by atoms with van der Waals surface area (Å²) in [6, 6.07) is 0. The van der Waals surface area contributed by atoms with Crippen LogP contribution in [0.2, 0.25) is 0 Å². The summed E-state index contributed by atoms with van der Waals surface area (Å²) in [6.45, 7) is 3.72. The van der Waals surface area contributed by atoms with E-state index in [1.165, 1.54) is 11.3 Å². The minimum Gasteiger partial charge on any atom is -0.461 e. The zero-order valence-corrected chi connectivity index (χ0v) is 11.8. The van der Waals surface area contributed by atoms with Crippen LogP contribution in [-0.2, 0) is 4.74 Å². The van der Waals surface area contributed by atoms with Crippen molar-refractivity contribution < 1.29 is 14.3 Å². The lowest BCUT2D eigenvalue weighted by Gasteiger charge is -2.02. The zero-order valence-electron chi connectivity index (χ0n) is 10.2. The second-order valence-electron chi connectivity index (χ2n) is 3.38. The molecule has 0 bridgehead atoms. The van der Waals surface area contributed by atoms with Gasteiger partial charge in [0, 0.05) is 16.9 Å². The van der Waals surface area contributed by atoms with Crippen LogP contribution >= 0.6 is 22.9 Å². The number of esters is 1. The maximum Gasteiger partial charge on any atom is 0.362 e. The molecule has 0 atom stereocenters. The molecule has 0 radical (unpaired) electrons. The summed E-state index contributed by atoms with van der Waals surface area (Å²) in [5.74, 6) is -1.01.